The first-order valence-electron chi connectivity index (χ1n) is 11.0. The molecule has 0 spiro atoms. The van der Waals surface area contributed by atoms with E-state index in [2.05, 4.69) is 25.3 Å². The van der Waals surface area contributed by atoms with E-state index in [1.807, 2.05) is 37.3 Å². The van der Waals surface area contributed by atoms with Crippen molar-refractivity contribution in [3.05, 3.63) is 96.8 Å². The molecule has 0 saturated carbocycles. The highest BCUT2D eigenvalue weighted by Crippen LogP contribution is 2.38. The van der Waals surface area contributed by atoms with Crippen LogP contribution in [0.4, 0.5) is 10.2 Å². The second-order valence-electron chi connectivity index (χ2n) is 8.17. The normalized spacial score (nSPS) is 11.9. The minimum absolute atomic E-state index is 0.115. The Morgan fingerprint density at radius 3 is 2.50 bits per heavy atom. The Hall–Kier alpha value is -4.39. The van der Waals surface area contributed by atoms with Gasteiger partial charge in [0.2, 0.25) is 5.91 Å². The van der Waals surface area contributed by atoms with Gasteiger partial charge in [0.15, 0.2) is 0 Å². The zero-order chi connectivity index (χ0) is 23.5. The molecule has 0 unspecified atom stereocenters. The molecule has 0 bridgehead atoms. The Morgan fingerprint density at radius 1 is 0.971 bits per heavy atom. The number of H-pyrrole nitrogens is 1. The van der Waals surface area contributed by atoms with Gasteiger partial charge in [-0.15, -0.1) is 0 Å². The van der Waals surface area contributed by atoms with Crippen molar-refractivity contribution in [1.82, 2.24) is 19.9 Å². The number of hydrogen-bond acceptors (Lipinski definition) is 4. The van der Waals surface area contributed by atoms with Crippen molar-refractivity contribution in [2.45, 2.75) is 13.3 Å². The quantitative estimate of drug-likeness (QED) is 0.350. The Balaban J connectivity index is 1.48. The van der Waals surface area contributed by atoms with Gasteiger partial charge in [-0.2, -0.15) is 0 Å². The van der Waals surface area contributed by atoms with Gasteiger partial charge in [-0.05, 0) is 77.7 Å². The highest BCUT2D eigenvalue weighted by molar-refractivity contribution is 6.03. The molecular weight excluding hydrogens is 429 g/mol. The minimum atomic E-state index is -0.297. The predicted octanol–water partition coefficient (Wildman–Crippen LogP) is 5.64. The molecule has 0 aliphatic heterocycles. The smallest absolute Gasteiger partial charge is 0.228 e. The molecule has 1 amide bonds. The second-order valence-corrected chi connectivity index (χ2v) is 8.17. The lowest BCUT2D eigenvalue weighted by Crippen LogP contribution is -2.22. The van der Waals surface area contributed by atoms with Gasteiger partial charge < -0.3 is 10.3 Å². The van der Waals surface area contributed by atoms with Crippen LogP contribution in [0.1, 0.15) is 12.5 Å². The van der Waals surface area contributed by atoms with E-state index in [1.165, 1.54) is 12.1 Å². The van der Waals surface area contributed by atoms with Crippen molar-refractivity contribution in [3.63, 3.8) is 0 Å². The predicted molar refractivity (Wildman–Crippen MR) is 130 cm³/mol. The summed E-state index contributed by atoms with van der Waals surface area (Å²) in [5, 5.41) is 3.82. The Kier molecular flexibility index (Phi) is 5.82. The number of halogens is 1. The summed E-state index contributed by atoms with van der Waals surface area (Å²) in [5.74, 6) is -0.194. The molecule has 4 heterocycles. The zero-order valence-electron chi connectivity index (χ0n) is 18.5. The van der Waals surface area contributed by atoms with Gasteiger partial charge in [-0.25, -0.2) is 9.37 Å². The van der Waals surface area contributed by atoms with Crippen LogP contribution < -0.4 is 5.32 Å². The first-order valence-corrected chi connectivity index (χ1v) is 11.0. The lowest BCUT2D eigenvalue weighted by molar-refractivity contribution is -0.119. The SMILES string of the molecule is C[C@@H](Cc1cccnc1)C(=O)Nc1ccc2c(-c3ccncc3)c(-c3ccc(F)cc3)[nH]c2n1. The summed E-state index contributed by atoms with van der Waals surface area (Å²) < 4.78 is 13.5. The number of fused-ring (bicyclic) bond motifs is 1. The van der Waals surface area contributed by atoms with Crippen molar-refractivity contribution < 1.29 is 9.18 Å². The van der Waals surface area contributed by atoms with Crippen LogP contribution in [0.15, 0.2) is 85.5 Å². The summed E-state index contributed by atoms with van der Waals surface area (Å²) in [6, 6.07) is 17.7. The summed E-state index contributed by atoms with van der Waals surface area (Å²) in [7, 11) is 0. The van der Waals surface area contributed by atoms with Gasteiger partial charge in [-0.3, -0.25) is 14.8 Å². The third-order valence-corrected chi connectivity index (χ3v) is 5.72. The maximum Gasteiger partial charge on any atom is 0.228 e. The van der Waals surface area contributed by atoms with Crippen LogP contribution in [0, 0.1) is 11.7 Å². The van der Waals surface area contributed by atoms with Crippen molar-refractivity contribution in [2.75, 3.05) is 5.32 Å². The fraction of sp³-hybridized carbons (Fsp3) is 0.111. The molecule has 1 atom stereocenters. The van der Waals surface area contributed by atoms with Gasteiger partial charge in [0.1, 0.15) is 17.3 Å². The summed E-state index contributed by atoms with van der Waals surface area (Å²) in [6.07, 6.45) is 7.53. The molecule has 168 valence electrons. The molecule has 6 nitrogen and oxygen atoms in total. The molecular formula is C27H22FN5O. The van der Waals surface area contributed by atoms with E-state index < -0.39 is 0 Å². The summed E-state index contributed by atoms with van der Waals surface area (Å²) in [4.78, 5) is 29.0. The lowest BCUT2D eigenvalue weighted by Gasteiger charge is -2.11. The van der Waals surface area contributed by atoms with Crippen LogP contribution in [0.2, 0.25) is 0 Å². The maximum atomic E-state index is 13.5. The molecule has 0 aliphatic rings. The Morgan fingerprint density at radius 2 is 1.76 bits per heavy atom. The summed E-state index contributed by atoms with van der Waals surface area (Å²) in [6.45, 7) is 1.88. The fourth-order valence-corrected chi connectivity index (χ4v) is 4.01. The number of anilines is 1. The van der Waals surface area contributed by atoms with Crippen molar-refractivity contribution in [1.29, 1.82) is 0 Å². The van der Waals surface area contributed by atoms with Crippen LogP contribution in [-0.4, -0.2) is 25.8 Å². The Labute approximate surface area is 195 Å². The number of carbonyl (C=O) groups is 1. The molecule has 0 radical (unpaired) electrons. The molecule has 1 aromatic carbocycles. The Bertz CT molecular complexity index is 1430. The number of nitrogens with zero attached hydrogens (tertiary/aromatic N) is 3. The topological polar surface area (TPSA) is 83.6 Å². The highest BCUT2D eigenvalue weighted by atomic mass is 19.1. The van der Waals surface area contributed by atoms with Gasteiger partial charge in [0.05, 0.1) is 5.69 Å². The third-order valence-electron chi connectivity index (χ3n) is 5.72. The number of carbonyl (C=O) groups excluding carboxylic acids is 1. The minimum Gasteiger partial charge on any atom is -0.339 e. The van der Waals surface area contributed by atoms with E-state index >= 15 is 0 Å². The molecule has 5 rings (SSSR count). The molecule has 4 aromatic heterocycles. The average molecular weight is 452 g/mol. The van der Waals surface area contributed by atoms with Crippen LogP contribution in [0.25, 0.3) is 33.4 Å². The molecule has 0 saturated heterocycles. The van der Waals surface area contributed by atoms with E-state index in [4.69, 9.17) is 0 Å². The van der Waals surface area contributed by atoms with Crippen LogP contribution in [-0.2, 0) is 11.2 Å². The number of hydrogen-bond donors (Lipinski definition) is 2. The number of nitrogens with one attached hydrogen (secondary N) is 2. The first kappa shape index (κ1) is 21.5. The zero-order valence-corrected chi connectivity index (χ0v) is 18.5. The van der Waals surface area contributed by atoms with Gasteiger partial charge in [0.25, 0.3) is 0 Å². The van der Waals surface area contributed by atoms with Gasteiger partial charge in [0, 0.05) is 41.7 Å². The molecule has 0 aliphatic carbocycles. The average Bonchev–Trinajstić information content (AvgIpc) is 3.24. The number of pyridine rings is 3. The van der Waals surface area contributed by atoms with Crippen molar-refractivity contribution in [2.24, 2.45) is 5.92 Å². The van der Waals surface area contributed by atoms with Crippen molar-refractivity contribution in [3.8, 4) is 22.4 Å². The van der Waals surface area contributed by atoms with Crippen LogP contribution >= 0.6 is 0 Å². The standard InChI is InChI=1S/C27H22FN5O/c1-17(15-18-3-2-12-30-16-18)27(34)32-23-9-8-22-24(19-10-13-29-14-11-19)25(33-26(22)31-23)20-4-6-21(28)7-5-20/h2-14,16-17H,15H2,1H3,(H2,31,32,33,34)/t17-/m0/s1. The van der Waals surface area contributed by atoms with E-state index in [0.29, 0.717) is 17.9 Å². The first-order chi connectivity index (χ1) is 16.6. The maximum absolute atomic E-state index is 13.5. The lowest BCUT2D eigenvalue weighted by atomic mass is 10.00. The van der Waals surface area contributed by atoms with E-state index in [-0.39, 0.29) is 17.6 Å². The fourth-order valence-electron chi connectivity index (χ4n) is 4.01. The number of aromatic amines is 1. The van der Waals surface area contributed by atoms with Gasteiger partial charge >= 0.3 is 0 Å². The molecule has 2 N–H and O–H groups in total. The van der Waals surface area contributed by atoms with E-state index in [1.54, 1.807) is 43.0 Å². The molecule has 34 heavy (non-hydrogen) atoms. The highest BCUT2D eigenvalue weighted by Gasteiger charge is 2.18. The number of rotatable bonds is 6. The van der Waals surface area contributed by atoms with E-state index in [0.717, 1.165) is 33.3 Å². The van der Waals surface area contributed by atoms with Gasteiger partial charge in [-0.1, -0.05) is 13.0 Å². The number of aromatic nitrogens is 4. The summed E-state index contributed by atoms with van der Waals surface area (Å²) in [5.41, 5.74) is 5.19. The molecule has 0 fully saturated rings. The number of amides is 1. The third kappa shape index (κ3) is 4.41. The largest absolute Gasteiger partial charge is 0.339 e. The monoisotopic (exact) mass is 451 g/mol. The van der Waals surface area contributed by atoms with Crippen molar-refractivity contribution >= 4 is 22.8 Å². The van der Waals surface area contributed by atoms with Crippen LogP contribution in [0.3, 0.4) is 0 Å². The second kappa shape index (κ2) is 9.23. The molecule has 7 heteroatoms. The molecule has 5 aromatic rings. The van der Waals surface area contributed by atoms with E-state index in [9.17, 15) is 9.18 Å². The summed E-state index contributed by atoms with van der Waals surface area (Å²) >= 11 is 0. The number of benzene rings is 1. The van der Waals surface area contributed by atoms with Crippen LogP contribution in [0.5, 0.6) is 0 Å².